The fourth-order valence-electron chi connectivity index (χ4n) is 5.76. The number of esters is 1. The van der Waals surface area contributed by atoms with Gasteiger partial charge in [0.05, 0.1) is 13.0 Å². The zero-order valence-electron chi connectivity index (χ0n) is 26.0. The standard InChI is InChI=1S/C34H44N4O7/c1-2-44-33(42)29(36-32(41)27-12-7-4-8-13-27)22-30(39)35-28-14-9-19-38(23-28)31(40)16-15-25-17-20-37(21-18-25)34(43)45-24-26-10-5-3-6-11-26/h3-8,10-13,25,28-29H,2,9,14-24H2,1H3,(H,35,39)(H,36,41). The molecule has 242 valence electrons. The summed E-state index contributed by atoms with van der Waals surface area (Å²) in [6, 6.07) is 16.7. The number of piperidine rings is 2. The normalized spacial score (nSPS) is 17.6. The van der Waals surface area contributed by atoms with Gasteiger partial charge < -0.3 is 29.9 Å². The van der Waals surface area contributed by atoms with E-state index in [-0.39, 0.29) is 37.7 Å². The van der Waals surface area contributed by atoms with E-state index in [0.29, 0.717) is 44.1 Å². The minimum absolute atomic E-state index is 0.0539. The van der Waals surface area contributed by atoms with Crippen LogP contribution in [0.3, 0.4) is 0 Å². The molecule has 2 heterocycles. The molecule has 2 atom stereocenters. The SMILES string of the molecule is CCOC(=O)C(CC(=O)NC1CCCN(C(=O)CCC2CCN(C(=O)OCc3ccccc3)CC2)C1)NC(=O)c1ccccc1. The summed E-state index contributed by atoms with van der Waals surface area (Å²) in [5.74, 6) is -1.12. The largest absolute Gasteiger partial charge is 0.464 e. The number of benzene rings is 2. The van der Waals surface area contributed by atoms with Gasteiger partial charge in [0.1, 0.15) is 12.6 Å². The predicted molar refractivity (Wildman–Crippen MR) is 167 cm³/mol. The molecule has 2 aliphatic heterocycles. The van der Waals surface area contributed by atoms with Crippen LogP contribution >= 0.6 is 0 Å². The number of carbonyl (C=O) groups excluding carboxylic acids is 5. The lowest BCUT2D eigenvalue weighted by Crippen LogP contribution is -2.51. The summed E-state index contributed by atoms with van der Waals surface area (Å²) in [6.07, 6.45) is 3.73. The van der Waals surface area contributed by atoms with E-state index in [4.69, 9.17) is 9.47 Å². The highest BCUT2D eigenvalue weighted by atomic mass is 16.6. The van der Waals surface area contributed by atoms with Crippen molar-refractivity contribution in [1.29, 1.82) is 0 Å². The molecule has 2 aromatic rings. The molecule has 11 heteroatoms. The van der Waals surface area contributed by atoms with Crippen molar-refractivity contribution < 1.29 is 33.4 Å². The average molecular weight is 621 g/mol. The second-order valence-corrected chi connectivity index (χ2v) is 11.6. The third-order valence-electron chi connectivity index (χ3n) is 8.29. The summed E-state index contributed by atoms with van der Waals surface area (Å²) >= 11 is 0. The molecule has 4 amide bonds. The number of ether oxygens (including phenoxy) is 2. The molecular formula is C34H44N4O7. The van der Waals surface area contributed by atoms with Crippen molar-refractivity contribution in [3.63, 3.8) is 0 Å². The van der Waals surface area contributed by atoms with E-state index in [0.717, 1.165) is 37.7 Å². The van der Waals surface area contributed by atoms with Crippen LogP contribution in [0.1, 0.15) is 67.8 Å². The molecule has 11 nitrogen and oxygen atoms in total. The highest BCUT2D eigenvalue weighted by molar-refractivity contribution is 5.98. The minimum Gasteiger partial charge on any atom is -0.464 e. The molecule has 0 aromatic heterocycles. The Kier molecular flexibility index (Phi) is 12.8. The molecule has 2 unspecified atom stereocenters. The fourth-order valence-corrected chi connectivity index (χ4v) is 5.76. The molecule has 0 aliphatic carbocycles. The van der Waals surface area contributed by atoms with Crippen molar-refractivity contribution in [3.8, 4) is 0 Å². The lowest BCUT2D eigenvalue weighted by atomic mass is 9.92. The van der Waals surface area contributed by atoms with Crippen LogP contribution in [-0.4, -0.2) is 84.5 Å². The topological polar surface area (TPSA) is 134 Å². The zero-order chi connectivity index (χ0) is 32.0. The van der Waals surface area contributed by atoms with E-state index in [1.54, 1.807) is 47.1 Å². The molecule has 2 N–H and O–H groups in total. The molecule has 0 bridgehead atoms. The van der Waals surface area contributed by atoms with Gasteiger partial charge in [-0.3, -0.25) is 14.4 Å². The number of nitrogens with zero attached hydrogens (tertiary/aromatic N) is 2. The number of likely N-dealkylation sites (tertiary alicyclic amines) is 2. The van der Waals surface area contributed by atoms with E-state index in [9.17, 15) is 24.0 Å². The van der Waals surface area contributed by atoms with Crippen molar-refractivity contribution >= 4 is 29.8 Å². The average Bonchev–Trinajstić information content (AvgIpc) is 3.07. The van der Waals surface area contributed by atoms with Gasteiger partial charge in [-0.05, 0) is 62.6 Å². The Morgan fingerprint density at radius 2 is 1.56 bits per heavy atom. The van der Waals surface area contributed by atoms with Gasteiger partial charge in [-0.2, -0.15) is 0 Å². The van der Waals surface area contributed by atoms with Crippen LogP contribution in [-0.2, 0) is 30.5 Å². The highest BCUT2D eigenvalue weighted by Crippen LogP contribution is 2.24. The number of hydrogen-bond donors (Lipinski definition) is 2. The molecule has 2 aliphatic rings. The summed E-state index contributed by atoms with van der Waals surface area (Å²) in [6.45, 7) is 4.30. The molecule has 0 radical (unpaired) electrons. The Balaban J connectivity index is 1.17. The lowest BCUT2D eigenvalue weighted by molar-refractivity contribution is -0.147. The van der Waals surface area contributed by atoms with Crippen molar-refractivity contribution in [2.75, 3.05) is 32.8 Å². The van der Waals surface area contributed by atoms with Crippen molar-refractivity contribution in [2.24, 2.45) is 5.92 Å². The number of carbonyl (C=O) groups is 5. The van der Waals surface area contributed by atoms with Crippen molar-refractivity contribution in [3.05, 3.63) is 71.8 Å². The molecule has 2 fully saturated rings. The maximum atomic E-state index is 13.1. The molecule has 2 aromatic carbocycles. The first-order valence-corrected chi connectivity index (χ1v) is 15.9. The molecule has 2 saturated heterocycles. The number of nitrogens with one attached hydrogen (secondary N) is 2. The number of hydrogen-bond acceptors (Lipinski definition) is 7. The van der Waals surface area contributed by atoms with E-state index in [1.807, 2.05) is 30.3 Å². The van der Waals surface area contributed by atoms with Crippen LogP contribution in [0, 0.1) is 5.92 Å². The van der Waals surface area contributed by atoms with Gasteiger partial charge >= 0.3 is 12.1 Å². The van der Waals surface area contributed by atoms with Gasteiger partial charge in [-0.15, -0.1) is 0 Å². The quantitative estimate of drug-likeness (QED) is 0.346. The molecule has 0 spiro atoms. The first-order valence-electron chi connectivity index (χ1n) is 15.9. The monoisotopic (exact) mass is 620 g/mol. The Morgan fingerprint density at radius 3 is 2.24 bits per heavy atom. The lowest BCUT2D eigenvalue weighted by Gasteiger charge is -2.34. The van der Waals surface area contributed by atoms with Crippen LogP contribution < -0.4 is 10.6 Å². The maximum Gasteiger partial charge on any atom is 0.410 e. The first kappa shape index (κ1) is 33.5. The van der Waals surface area contributed by atoms with E-state index < -0.39 is 23.8 Å². The summed E-state index contributed by atoms with van der Waals surface area (Å²) in [4.78, 5) is 67.2. The highest BCUT2D eigenvalue weighted by Gasteiger charge is 2.30. The second-order valence-electron chi connectivity index (χ2n) is 11.6. The maximum absolute atomic E-state index is 13.1. The van der Waals surface area contributed by atoms with Crippen LogP contribution in [0.15, 0.2) is 60.7 Å². The zero-order valence-corrected chi connectivity index (χ0v) is 26.0. The van der Waals surface area contributed by atoms with Crippen LogP contribution in [0.4, 0.5) is 4.79 Å². The van der Waals surface area contributed by atoms with Gasteiger partial charge in [-0.25, -0.2) is 9.59 Å². The fraction of sp³-hybridized carbons (Fsp3) is 0.500. The van der Waals surface area contributed by atoms with E-state index in [1.165, 1.54) is 0 Å². The van der Waals surface area contributed by atoms with Crippen LogP contribution in [0.25, 0.3) is 0 Å². The minimum atomic E-state index is -1.13. The predicted octanol–water partition coefficient (Wildman–Crippen LogP) is 3.67. The van der Waals surface area contributed by atoms with Gasteiger partial charge in [-0.1, -0.05) is 48.5 Å². The Morgan fingerprint density at radius 1 is 0.867 bits per heavy atom. The van der Waals surface area contributed by atoms with Gasteiger partial charge in [0.15, 0.2) is 0 Å². The van der Waals surface area contributed by atoms with Gasteiger partial charge in [0, 0.05) is 44.2 Å². The van der Waals surface area contributed by atoms with E-state index in [2.05, 4.69) is 10.6 Å². The Bertz CT molecular complexity index is 1280. The summed E-state index contributed by atoms with van der Waals surface area (Å²) in [7, 11) is 0. The Labute approximate surface area is 264 Å². The number of rotatable bonds is 12. The van der Waals surface area contributed by atoms with Gasteiger partial charge in [0.2, 0.25) is 11.8 Å². The number of amides is 4. The summed E-state index contributed by atoms with van der Waals surface area (Å²) in [5, 5.41) is 5.56. The van der Waals surface area contributed by atoms with E-state index >= 15 is 0 Å². The third-order valence-corrected chi connectivity index (χ3v) is 8.29. The van der Waals surface area contributed by atoms with Crippen LogP contribution in [0.5, 0.6) is 0 Å². The van der Waals surface area contributed by atoms with Crippen molar-refractivity contribution in [2.45, 2.75) is 70.6 Å². The molecular weight excluding hydrogens is 576 g/mol. The van der Waals surface area contributed by atoms with Gasteiger partial charge in [0.25, 0.3) is 5.91 Å². The summed E-state index contributed by atoms with van der Waals surface area (Å²) in [5.41, 5.74) is 1.33. The molecule has 45 heavy (non-hydrogen) atoms. The second kappa shape index (κ2) is 17.2. The first-order chi connectivity index (χ1) is 21.8. The summed E-state index contributed by atoms with van der Waals surface area (Å²) < 4.78 is 10.5. The Hall–Kier alpha value is -4.41. The van der Waals surface area contributed by atoms with Crippen LogP contribution in [0.2, 0.25) is 0 Å². The third kappa shape index (κ3) is 10.6. The smallest absolute Gasteiger partial charge is 0.410 e. The van der Waals surface area contributed by atoms with Crippen molar-refractivity contribution in [1.82, 2.24) is 20.4 Å². The molecule has 4 rings (SSSR count). The molecule has 0 saturated carbocycles.